The van der Waals surface area contributed by atoms with Gasteiger partial charge in [0.15, 0.2) is 0 Å². The highest BCUT2D eigenvalue weighted by molar-refractivity contribution is 6.32. The number of hydrogen-bond donors (Lipinski definition) is 0. The fraction of sp³-hybridized carbons (Fsp3) is 0.625. The Balaban J connectivity index is 1.78. The summed E-state index contributed by atoms with van der Waals surface area (Å²) in [5.74, 6) is -3.04. The van der Waals surface area contributed by atoms with Crippen LogP contribution in [0, 0.1) is 0 Å². The average Bonchev–Trinajstić information content (AvgIpc) is 3.43. The van der Waals surface area contributed by atoms with Crippen molar-refractivity contribution in [3.8, 4) is 0 Å². The van der Waals surface area contributed by atoms with Crippen LogP contribution in [0.3, 0.4) is 0 Å². The third-order valence-electron chi connectivity index (χ3n) is 4.77. The minimum Gasteiger partial charge on any atom is -0.462 e. The molecule has 11 heteroatoms. The number of esters is 2. The highest BCUT2D eigenvalue weighted by Crippen LogP contribution is 2.35. The summed E-state index contributed by atoms with van der Waals surface area (Å²) in [6.45, 7) is 0.763. The van der Waals surface area contributed by atoms with Gasteiger partial charge in [0.05, 0.1) is 14.2 Å². The normalized spacial score (nSPS) is 22.0. The maximum atomic E-state index is 12.1. The molecule has 2 aliphatic rings. The third kappa shape index (κ3) is 3.49. The number of carbonyl (C=O) groups is 4. The van der Waals surface area contributed by atoms with Gasteiger partial charge in [0.25, 0.3) is 0 Å². The van der Waals surface area contributed by atoms with Crippen LogP contribution >= 0.6 is 0 Å². The number of aromatic nitrogens is 2. The van der Waals surface area contributed by atoms with Crippen LogP contribution in [0.2, 0.25) is 0 Å². The lowest BCUT2D eigenvalue weighted by atomic mass is 10.2. The van der Waals surface area contributed by atoms with Crippen molar-refractivity contribution in [3.63, 3.8) is 0 Å². The number of methoxy groups -OCH3 is 2. The van der Waals surface area contributed by atoms with E-state index in [-0.39, 0.29) is 11.8 Å². The molecule has 0 spiro atoms. The molecule has 1 aromatic rings. The smallest absolute Gasteiger partial charge is 0.396 e. The number of nitrogens with zero attached hydrogens (tertiary/aromatic N) is 4. The molecule has 0 aliphatic carbocycles. The molecule has 2 aliphatic heterocycles. The molecule has 3 rings (SSSR count). The van der Waals surface area contributed by atoms with Crippen molar-refractivity contribution in [1.29, 1.82) is 0 Å². The van der Waals surface area contributed by atoms with E-state index < -0.39 is 35.8 Å². The highest BCUT2D eigenvalue weighted by atomic mass is 16.5. The van der Waals surface area contributed by atoms with Crippen LogP contribution in [0.15, 0.2) is 4.42 Å². The van der Waals surface area contributed by atoms with E-state index in [9.17, 15) is 19.2 Å². The van der Waals surface area contributed by atoms with E-state index in [1.54, 1.807) is 0 Å². The molecule has 1 aromatic heterocycles. The molecule has 0 aromatic carbocycles. The van der Waals surface area contributed by atoms with Crippen molar-refractivity contribution in [1.82, 2.24) is 20.0 Å². The highest BCUT2D eigenvalue weighted by Gasteiger charge is 2.40. The Hall–Kier alpha value is -2.98. The summed E-state index contributed by atoms with van der Waals surface area (Å²) in [5, 5.41) is 8.01. The van der Waals surface area contributed by atoms with Crippen molar-refractivity contribution in [3.05, 3.63) is 11.8 Å². The summed E-state index contributed by atoms with van der Waals surface area (Å²) in [6.07, 6.45) is 2.50. The zero-order valence-electron chi connectivity index (χ0n) is 15.0. The SMILES string of the molecule is COC(=O)C(=O)N1CCCC1c1nnc(C2CCCN2C(=O)C(=O)OC)o1. The number of amides is 2. The molecule has 2 atom stereocenters. The van der Waals surface area contributed by atoms with Crippen molar-refractivity contribution in [2.75, 3.05) is 27.3 Å². The zero-order chi connectivity index (χ0) is 19.6. The van der Waals surface area contributed by atoms with Gasteiger partial charge in [-0.15, -0.1) is 10.2 Å². The predicted molar refractivity (Wildman–Crippen MR) is 85.7 cm³/mol. The molecule has 2 fully saturated rings. The lowest BCUT2D eigenvalue weighted by Crippen LogP contribution is -2.37. The molecule has 3 heterocycles. The second-order valence-corrected chi connectivity index (χ2v) is 6.27. The summed E-state index contributed by atoms with van der Waals surface area (Å²) in [7, 11) is 2.28. The molecule has 27 heavy (non-hydrogen) atoms. The first-order valence-corrected chi connectivity index (χ1v) is 8.59. The van der Waals surface area contributed by atoms with Crippen molar-refractivity contribution in [2.24, 2.45) is 0 Å². The molecular formula is C16H20N4O7. The van der Waals surface area contributed by atoms with Crippen LogP contribution in [0.5, 0.6) is 0 Å². The number of carbonyl (C=O) groups excluding carboxylic acids is 4. The Labute approximate surface area is 154 Å². The Morgan fingerprint density at radius 3 is 1.63 bits per heavy atom. The standard InChI is InChI=1S/C16H20N4O7/c1-25-15(23)13(21)19-7-3-5-9(19)11-17-18-12(27-11)10-6-4-8-20(10)14(22)16(24)26-2/h9-10H,3-8H2,1-2H3. The number of ether oxygens (including phenoxy) is 2. The van der Waals surface area contributed by atoms with Crippen LogP contribution in [0.1, 0.15) is 49.5 Å². The van der Waals surface area contributed by atoms with Crippen LogP contribution in [-0.4, -0.2) is 71.1 Å². The Kier molecular flexibility index (Phi) is 5.38. The van der Waals surface area contributed by atoms with Gasteiger partial charge in [-0.1, -0.05) is 0 Å². The van der Waals surface area contributed by atoms with Gasteiger partial charge in [0.1, 0.15) is 12.1 Å². The van der Waals surface area contributed by atoms with Gasteiger partial charge < -0.3 is 23.7 Å². The number of likely N-dealkylation sites (tertiary alicyclic amines) is 2. The molecule has 11 nitrogen and oxygen atoms in total. The van der Waals surface area contributed by atoms with E-state index in [0.717, 1.165) is 14.2 Å². The molecule has 0 N–H and O–H groups in total. The van der Waals surface area contributed by atoms with E-state index in [4.69, 9.17) is 4.42 Å². The van der Waals surface area contributed by atoms with Gasteiger partial charge in [-0.3, -0.25) is 9.59 Å². The Bertz CT molecular complexity index is 701. The van der Waals surface area contributed by atoms with Gasteiger partial charge >= 0.3 is 23.8 Å². The Morgan fingerprint density at radius 2 is 1.26 bits per heavy atom. The zero-order valence-corrected chi connectivity index (χ0v) is 15.0. The monoisotopic (exact) mass is 380 g/mol. The fourth-order valence-corrected chi connectivity index (χ4v) is 3.46. The topological polar surface area (TPSA) is 132 Å². The fourth-order valence-electron chi connectivity index (χ4n) is 3.46. The maximum Gasteiger partial charge on any atom is 0.396 e. The van der Waals surface area contributed by atoms with Crippen LogP contribution in [0.4, 0.5) is 0 Å². The van der Waals surface area contributed by atoms with E-state index in [0.29, 0.717) is 38.8 Å². The van der Waals surface area contributed by atoms with Crippen molar-refractivity contribution < 1.29 is 33.1 Å². The van der Waals surface area contributed by atoms with Gasteiger partial charge in [0, 0.05) is 13.1 Å². The van der Waals surface area contributed by atoms with Crippen LogP contribution in [0.25, 0.3) is 0 Å². The van der Waals surface area contributed by atoms with Gasteiger partial charge in [-0.25, -0.2) is 9.59 Å². The van der Waals surface area contributed by atoms with E-state index >= 15 is 0 Å². The summed E-state index contributed by atoms with van der Waals surface area (Å²) in [5.41, 5.74) is 0. The van der Waals surface area contributed by atoms with Crippen LogP contribution in [-0.2, 0) is 28.7 Å². The second-order valence-electron chi connectivity index (χ2n) is 6.27. The number of hydrogen-bond acceptors (Lipinski definition) is 9. The first kappa shape index (κ1) is 18.8. The summed E-state index contributed by atoms with van der Waals surface area (Å²) >= 11 is 0. The van der Waals surface area contributed by atoms with E-state index in [1.807, 2.05) is 0 Å². The first-order chi connectivity index (χ1) is 13.0. The minimum absolute atomic E-state index is 0.192. The molecule has 0 bridgehead atoms. The maximum absolute atomic E-state index is 12.1. The van der Waals surface area contributed by atoms with Crippen molar-refractivity contribution in [2.45, 2.75) is 37.8 Å². The molecule has 2 unspecified atom stereocenters. The molecule has 2 amide bonds. The van der Waals surface area contributed by atoms with Gasteiger partial charge in [-0.05, 0) is 25.7 Å². The van der Waals surface area contributed by atoms with E-state index in [1.165, 1.54) is 9.80 Å². The van der Waals surface area contributed by atoms with Gasteiger partial charge in [0.2, 0.25) is 11.8 Å². The van der Waals surface area contributed by atoms with Crippen molar-refractivity contribution >= 4 is 23.8 Å². The quantitative estimate of drug-likeness (QED) is 0.503. The third-order valence-corrected chi connectivity index (χ3v) is 4.77. The van der Waals surface area contributed by atoms with Crippen LogP contribution < -0.4 is 0 Å². The molecule has 0 radical (unpaired) electrons. The largest absolute Gasteiger partial charge is 0.462 e. The minimum atomic E-state index is -0.952. The average molecular weight is 380 g/mol. The second kappa shape index (κ2) is 7.72. The first-order valence-electron chi connectivity index (χ1n) is 8.59. The molecular weight excluding hydrogens is 360 g/mol. The van der Waals surface area contributed by atoms with E-state index in [2.05, 4.69) is 19.7 Å². The molecule has 2 saturated heterocycles. The molecule has 0 saturated carbocycles. The Morgan fingerprint density at radius 1 is 0.852 bits per heavy atom. The predicted octanol–water partition coefficient (Wildman–Crippen LogP) is -0.257. The summed E-state index contributed by atoms with van der Waals surface area (Å²) in [4.78, 5) is 50.0. The number of rotatable bonds is 2. The van der Waals surface area contributed by atoms with Gasteiger partial charge in [-0.2, -0.15) is 0 Å². The summed E-state index contributed by atoms with van der Waals surface area (Å²) in [6, 6.07) is -1.05. The lowest BCUT2D eigenvalue weighted by Gasteiger charge is -2.21. The lowest BCUT2D eigenvalue weighted by molar-refractivity contribution is -0.159. The summed E-state index contributed by atoms with van der Waals surface area (Å²) < 4.78 is 14.7. The molecule has 146 valence electrons.